The lowest BCUT2D eigenvalue weighted by molar-refractivity contribution is -0.385. The van der Waals surface area contributed by atoms with Gasteiger partial charge in [0.15, 0.2) is 12.4 Å². The minimum Gasteiger partial charge on any atom is -0.477 e. The maximum atomic E-state index is 12.1. The summed E-state index contributed by atoms with van der Waals surface area (Å²) in [7, 11) is 0. The molecule has 27 heavy (non-hydrogen) atoms. The molecule has 0 unspecified atom stereocenters. The number of nitro benzene ring substituents is 1. The van der Waals surface area contributed by atoms with Gasteiger partial charge >= 0.3 is 5.69 Å². The van der Waals surface area contributed by atoms with Gasteiger partial charge in [0, 0.05) is 23.4 Å². The summed E-state index contributed by atoms with van der Waals surface area (Å²) in [5.41, 5.74) is 1.43. The van der Waals surface area contributed by atoms with E-state index in [0.717, 1.165) is 18.4 Å². The van der Waals surface area contributed by atoms with E-state index in [-0.39, 0.29) is 30.0 Å². The minimum atomic E-state index is -0.553. The summed E-state index contributed by atoms with van der Waals surface area (Å²) in [5, 5.41) is 16.6. The molecule has 0 atom stereocenters. The second kappa shape index (κ2) is 7.86. The van der Waals surface area contributed by atoms with Gasteiger partial charge in [0.25, 0.3) is 11.8 Å². The van der Waals surface area contributed by atoms with Crippen LogP contribution in [0.3, 0.4) is 0 Å². The molecule has 1 aliphatic rings. The lowest BCUT2D eigenvalue weighted by Crippen LogP contribution is -2.25. The van der Waals surface area contributed by atoms with Crippen molar-refractivity contribution in [1.82, 2.24) is 5.32 Å². The number of nitrogens with zero attached hydrogens (tertiary/aromatic N) is 1. The van der Waals surface area contributed by atoms with Crippen molar-refractivity contribution in [2.45, 2.75) is 25.8 Å². The van der Waals surface area contributed by atoms with Crippen molar-refractivity contribution in [3.05, 3.63) is 63.7 Å². The number of nitrogens with one attached hydrogen (secondary N) is 2. The fourth-order valence-corrected chi connectivity index (χ4v) is 2.47. The average molecular weight is 369 g/mol. The number of rotatable bonds is 7. The fourth-order valence-electron chi connectivity index (χ4n) is 2.47. The molecule has 0 aromatic heterocycles. The Hall–Kier alpha value is -3.42. The molecule has 0 radical (unpaired) electrons. The lowest BCUT2D eigenvalue weighted by atomic mass is 10.2. The van der Waals surface area contributed by atoms with Crippen molar-refractivity contribution in [3.63, 3.8) is 0 Å². The third-order valence-electron chi connectivity index (χ3n) is 3.99. The van der Waals surface area contributed by atoms with Crippen molar-refractivity contribution in [2.75, 3.05) is 11.9 Å². The van der Waals surface area contributed by atoms with Gasteiger partial charge < -0.3 is 15.4 Å². The van der Waals surface area contributed by atoms with E-state index >= 15 is 0 Å². The van der Waals surface area contributed by atoms with Crippen LogP contribution >= 0.6 is 0 Å². The van der Waals surface area contributed by atoms with E-state index in [9.17, 15) is 19.7 Å². The van der Waals surface area contributed by atoms with E-state index < -0.39 is 10.8 Å². The molecule has 2 amide bonds. The molecule has 0 aliphatic heterocycles. The molecule has 1 fully saturated rings. The van der Waals surface area contributed by atoms with E-state index in [0.29, 0.717) is 11.3 Å². The number of ether oxygens (including phenoxy) is 1. The van der Waals surface area contributed by atoms with Gasteiger partial charge in [-0.15, -0.1) is 0 Å². The number of carbonyl (C=O) groups is 2. The van der Waals surface area contributed by atoms with E-state index in [2.05, 4.69) is 10.6 Å². The van der Waals surface area contributed by atoms with E-state index in [1.807, 2.05) is 0 Å². The normalized spacial score (nSPS) is 12.9. The van der Waals surface area contributed by atoms with Gasteiger partial charge in [0.05, 0.1) is 4.92 Å². The molecule has 1 saturated carbocycles. The molecule has 1 aliphatic carbocycles. The Bertz CT molecular complexity index is 893. The molecule has 8 heteroatoms. The van der Waals surface area contributed by atoms with Crippen molar-refractivity contribution >= 4 is 23.2 Å². The highest BCUT2D eigenvalue weighted by molar-refractivity contribution is 5.97. The van der Waals surface area contributed by atoms with Crippen LogP contribution < -0.4 is 15.4 Å². The highest BCUT2D eigenvalue weighted by Gasteiger charge is 2.24. The molecule has 2 aromatic rings. The zero-order chi connectivity index (χ0) is 19.4. The fraction of sp³-hybridized carbons (Fsp3) is 0.263. The number of aryl methyl sites for hydroxylation is 1. The summed E-state index contributed by atoms with van der Waals surface area (Å²) in [6.07, 6.45) is 1.98. The monoisotopic (exact) mass is 369 g/mol. The molecular weight excluding hydrogens is 350 g/mol. The van der Waals surface area contributed by atoms with Crippen LogP contribution in [0.25, 0.3) is 0 Å². The predicted octanol–water partition coefficient (Wildman–Crippen LogP) is 2.81. The summed E-state index contributed by atoms with van der Waals surface area (Å²) >= 11 is 0. The van der Waals surface area contributed by atoms with Crippen molar-refractivity contribution in [1.29, 1.82) is 0 Å². The number of carbonyl (C=O) groups excluding carboxylic acids is 2. The number of hydrogen-bond donors (Lipinski definition) is 2. The topological polar surface area (TPSA) is 111 Å². The average Bonchev–Trinajstić information content (AvgIpc) is 3.44. The van der Waals surface area contributed by atoms with Gasteiger partial charge in [-0.2, -0.15) is 0 Å². The SMILES string of the molecule is Cc1ccc(OCC(=O)Nc2cccc(C(=O)NC3CC3)c2)c([N+](=O)[O-])c1. The Morgan fingerprint density at radius 2 is 2.00 bits per heavy atom. The Kier molecular flexibility index (Phi) is 5.35. The van der Waals surface area contributed by atoms with Crippen LogP contribution in [-0.2, 0) is 4.79 Å². The zero-order valence-corrected chi connectivity index (χ0v) is 14.7. The molecular formula is C19H19N3O5. The number of hydrogen-bond acceptors (Lipinski definition) is 5. The Labute approximate surface area is 155 Å². The zero-order valence-electron chi connectivity index (χ0n) is 14.7. The van der Waals surface area contributed by atoms with Gasteiger partial charge in [0.1, 0.15) is 0 Å². The molecule has 2 aromatic carbocycles. The summed E-state index contributed by atoms with van der Waals surface area (Å²) in [4.78, 5) is 34.7. The second-order valence-corrected chi connectivity index (χ2v) is 6.39. The quantitative estimate of drug-likeness (QED) is 0.576. The van der Waals surface area contributed by atoms with Crippen molar-refractivity contribution < 1.29 is 19.2 Å². The van der Waals surface area contributed by atoms with E-state index in [1.165, 1.54) is 12.1 Å². The molecule has 0 saturated heterocycles. The standard InChI is InChI=1S/C19H19N3O5/c1-12-5-8-17(16(9-12)22(25)26)27-11-18(23)20-15-4-2-3-13(10-15)19(24)21-14-6-7-14/h2-5,8-10,14H,6-7,11H2,1H3,(H,20,23)(H,21,24). The summed E-state index contributed by atoms with van der Waals surface area (Å²) < 4.78 is 5.29. The van der Waals surface area contributed by atoms with Gasteiger partial charge in [-0.05, 0) is 49.6 Å². The van der Waals surface area contributed by atoms with Gasteiger partial charge in [-0.25, -0.2) is 0 Å². The van der Waals surface area contributed by atoms with E-state index in [1.54, 1.807) is 37.3 Å². The maximum Gasteiger partial charge on any atom is 0.311 e. The van der Waals surface area contributed by atoms with Gasteiger partial charge in [-0.1, -0.05) is 12.1 Å². The van der Waals surface area contributed by atoms with Crippen LogP contribution in [0.5, 0.6) is 5.75 Å². The summed E-state index contributed by atoms with van der Waals surface area (Å²) in [6.45, 7) is 1.35. The van der Waals surface area contributed by atoms with Gasteiger partial charge in [0.2, 0.25) is 0 Å². The molecule has 8 nitrogen and oxygen atoms in total. The smallest absolute Gasteiger partial charge is 0.311 e. The highest BCUT2D eigenvalue weighted by Crippen LogP contribution is 2.27. The van der Waals surface area contributed by atoms with Gasteiger partial charge in [-0.3, -0.25) is 19.7 Å². The van der Waals surface area contributed by atoms with Crippen molar-refractivity contribution in [2.24, 2.45) is 0 Å². The first-order valence-corrected chi connectivity index (χ1v) is 8.51. The molecule has 0 bridgehead atoms. The first-order chi connectivity index (χ1) is 12.9. The third-order valence-corrected chi connectivity index (χ3v) is 3.99. The number of anilines is 1. The first kappa shape index (κ1) is 18.4. The molecule has 0 heterocycles. The van der Waals surface area contributed by atoms with Crippen LogP contribution in [0.4, 0.5) is 11.4 Å². The van der Waals surface area contributed by atoms with Crippen LogP contribution in [0, 0.1) is 17.0 Å². The minimum absolute atomic E-state index is 0.0262. The summed E-state index contributed by atoms with van der Waals surface area (Å²) in [5.74, 6) is -0.636. The number of nitro groups is 1. The van der Waals surface area contributed by atoms with Crippen LogP contribution in [0.1, 0.15) is 28.8 Å². The Balaban J connectivity index is 1.60. The highest BCUT2D eigenvalue weighted by atomic mass is 16.6. The largest absolute Gasteiger partial charge is 0.477 e. The third kappa shape index (κ3) is 5.04. The van der Waals surface area contributed by atoms with E-state index in [4.69, 9.17) is 4.74 Å². The first-order valence-electron chi connectivity index (χ1n) is 8.51. The van der Waals surface area contributed by atoms with Crippen molar-refractivity contribution in [3.8, 4) is 5.75 Å². The van der Waals surface area contributed by atoms with Crippen LogP contribution in [0.15, 0.2) is 42.5 Å². The predicted molar refractivity (Wildman–Crippen MR) is 98.9 cm³/mol. The molecule has 3 rings (SSSR count). The maximum absolute atomic E-state index is 12.1. The summed E-state index contributed by atoms with van der Waals surface area (Å²) in [6, 6.07) is 11.3. The Morgan fingerprint density at radius 3 is 2.70 bits per heavy atom. The number of benzene rings is 2. The Morgan fingerprint density at radius 1 is 1.22 bits per heavy atom. The van der Waals surface area contributed by atoms with Crippen LogP contribution in [0.2, 0.25) is 0 Å². The number of amides is 2. The molecule has 0 spiro atoms. The molecule has 2 N–H and O–H groups in total. The lowest BCUT2D eigenvalue weighted by Gasteiger charge is -2.09. The van der Waals surface area contributed by atoms with Crippen LogP contribution in [-0.4, -0.2) is 29.4 Å². The second-order valence-electron chi connectivity index (χ2n) is 6.39. The molecule has 140 valence electrons.